The fraction of sp³-hybridized carbons (Fsp3) is 0.439. The molecule has 6 rings (SSSR count). The first kappa shape index (κ1) is 37.9. The SMILES string of the molecule is CC(C)(C)OC(=O)NCc1ccc(-c2cc(CC(=O)N3[C@@H]4C[C@@H]4C[C@H]3C(=O)NCc3cccc(Cl)c3F)cc3ccoc23)cc1.CCCCCC. The maximum atomic E-state index is 14.3. The standard InChI is InChI=1S/C35H35ClFN3O5.C6H14/c1-35(2,3)45-34(43)39-18-20-7-9-22(10-8-20)26-14-21(13-23-11-12-44-32(23)26)15-30(41)40-28-16-25(28)17-29(40)33(42)38-19-24-5-4-6-27(36)31(24)37;1-3-5-6-4-2/h4-14,25,28-29H,15-19H2,1-3H3,(H,38,42)(H,39,43);3-6H2,1-2H3/t25-,28-,29+;/m1./s1. The molecule has 2 heterocycles. The average Bonchev–Trinajstić information content (AvgIpc) is 3.49. The number of carbonyl (C=O) groups is 3. The van der Waals surface area contributed by atoms with Crippen molar-refractivity contribution in [3.05, 3.63) is 94.5 Å². The minimum absolute atomic E-state index is 0.000715. The number of hydrogen-bond acceptors (Lipinski definition) is 5. The number of hydrogen-bond donors (Lipinski definition) is 2. The molecule has 4 aromatic rings. The predicted octanol–water partition coefficient (Wildman–Crippen LogP) is 9.35. The maximum Gasteiger partial charge on any atom is 0.407 e. The molecule has 0 spiro atoms. The number of halogens is 2. The highest BCUT2D eigenvalue weighted by Gasteiger charge is 2.55. The van der Waals surface area contributed by atoms with Crippen LogP contribution in [-0.4, -0.2) is 40.5 Å². The van der Waals surface area contributed by atoms with Gasteiger partial charge in [-0.2, -0.15) is 0 Å². The molecule has 3 aromatic carbocycles. The summed E-state index contributed by atoms with van der Waals surface area (Å²) < 4.78 is 25.5. The van der Waals surface area contributed by atoms with Gasteiger partial charge in [-0.15, -0.1) is 0 Å². The van der Waals surface area contributed by atoms with E-state index >= 15 is 0 Å². The molecule has 3 amide bonds. The van der Waals surface area contributed by atoms with E-state index in [0.717, 1.165) is 34.1 Å². The molecule has 0 unspecified atom stereocenters. The number of benzene rings is 3. The van der Waals surface area contributed by atoms with Gasteiger partial charge in [0.25, 0.3) is 0 Å². The second-order valence-electron chi connectivity index (χ2n) is 14.5. The Kier molecular flexibility index (Phi) is 12.5. The zero-order valence-electron chi connectivity index (χ0n) is 30.2. The minimum Gasteiger partial charge on any atom is -0.464 e. The average molecular weight is 718 g/mol. The smallest absolute Gasteiger partial charge is 0.407 e. The van der Waals surface area contributed by atoms with Crippen LogP contribution in [0.3, 0.4) is 0 Å². The number of carbonyl (C=O) groups excluding carboxylic acids is 3. The molecule has 272 valence electrons. The van der Waals surface area contributed by atoms with Gasteiger partial charge in [0, 0.05) is 35.6 Å². The second-order valence-corrected chi connectivity index (χ2v) is 14.9. The number of unbranched alkanes of at least 4 members (excludes halogenated alkanes) is 3. The molecule has 1 aliphatic heterocycles. The van der Waals surface area contributed by atoms with Gasteiger partial charge in [0.2, 0.25) is 11.8 Å². The number of ether oxygens (including phenoxy) is 1. The molecule has 1 aromatic heterocycles. The lowest BCUT2D eigenvalue weighted by atomic mass is 9.97. The van der Waals surface area contributed by atoms with Crippen molar-refractivity contribution in [1.29, 1.82) is 0 Å². The number of piperidine rings is 1. The van der Waals surface area contributed by atoms with Gasteiger partial charge in [-0.25, -0.2) is 9.18 Å². The fourth-order valence-electron chi connectivity index (χ4n) is 6.55. The highest BCUT2D eigenvalue weighted by Crippen LogP contribution is 2.48. The van der Waals surface area contributed by atoms with Crippen molar-refractivity contribution in [3.8, 4) is 11.1 Å². The fourth-order valence-corrected chi connectivity index (χ4v) is 6.75. The lowest BCUT2D eigenvalue weighted by molar-refractivity contribution is -0.139. The maximum absolute atomic E-state index is 14.3. The molecule has 2 N–H and O–H groups in total. The van der Waals surface area contributed by atoms with Crippen LogP contribution in [-0.2, 0) is 33.8 Å². The van der Waals surface area contributed by atoms with Gasteiger partial charge in [0.05, 0.1) is 17.7 Å². The predicted molar refractivity (Wildman–Crippen MR) is 199 cm³/mol. The van der Waals surface area contributed by atoms with Crippen molar-refractivity contribution in [3.63, 3.8) is 0 Å². The van der Waals surface area contributed by atoms with E-state index in [9.17, 15) is 18.8 Å². The van der Waals surface area contributed by atoms with E-state index in [-0.39, 0.29) is 35.8 Å². The van der Waals surface area contributed by atoms with Crippen LogP contribution >= 0.6 is 11.6 Å². The number of nitrogens with one attached hydrogen (secondary N) is 2. The number of amides is 3. The summed E-state index contributed by atoms with van der Waals surface area (Å²) in [6.07, 6.45) is 8.29. The van der Waals surface area contributed by atoms with E-state index in [0.29, 0.717) is 30.0 Å². The van der Waals surface area contributed by atoms with E-state index in [1.807, 2.05) is 63.2 Å². The Hall–Kier alpha value is -4.37. The van der Waals surface area contributed by atoms with Crippen LogP contribution in [0.1, 0.15) is 89.8 Å². The normalized spacial score (nSPS) is 17.7. The Morgan fingerprint density at radius 2 is 1.67 bits per heavy atom. The van der Waals surface area contributed by atoms with Crippen LogP contribution in [0.2, 0.25) is 5.02 Å². The van der Waals surface area contributed by atoms with Gasteiger partial charge < -0.3 is 24.7 Å². The summed E-state index contributed by atoms with van der Waals surface area (Å²) in [6, 6.07) is 17.6. The molecule has 1 aliphatic carbocycles. The molecule has 51 heavy (non-hydrogen) atoms. The minimum atomic E-state index is -0.595. The summed E-state index contributed by atoms with van der Waals surface area (Å²) in [5, 5.41) is 6.44. The van der Waals surface area contributed by atoms with E-state index in [1.165, 1.54) is 31.7 Å². The van der Waals surface area contributed by atoms with Gasteiger partial charge in [-0.05, 0) is 80.5 Å². The Balaban J connectivity index is 0.000000774. The van der Waals surface area contributed by atoms with E-state index < -0.39 is 23.6 Å². The van der Waals surface area contributed by atoms with E-state index in [1.54, 1.807) is 23.3 Å². The van der Waals surface area contributed by atoms with Crippen LogP contribution in [0.25, 0.3) is 22.1 Å². The first-order valence-electron chi connectivity index (χ1n) is 18.0. The number of alkyl carbamates (subject to hydrolysis) is 1. The molecule has 2 aliphatic rings. The monoisotopic (exact) mass is 717 g/mol. The molecule has 2 fully saturated rings. The Morgan fingerprint density at radius 1 is 0.941 bits per heavy atom. The third-order valence-corrected chi connectivity index (χ3v) is 9.50. The number of likely N-dealkylation sites (tertiary alicyclic amines) is 1. The molecular formula is C41H49ClFN3O5. The van der Waals surface area contributed by atoms with Crippen LogP contribution in [0.4, 0.5) is 9.18 Å². The molecule has 3 atom stereocenters. The molecule has 1 saturated heterocycles. The van der Waals surface area contributed by atoms with Crippen LogP contribution < -0.4 is 10.6 Å². The van der Waals surface area contributed by atoms with E-state index in [2.05, 4.69) is 24.5 Å². The molecule has 8 nitrogen and oxygen atoms in total. The molecule has 10 heteroatoms. The Labute approximate surface area is 305 Å². The quantitative estimate of drug-likeness (QED) is 0.151. The summed E-state index contributed by atoms with van der Waals surface area (Å²) in [4.78, 5) is 40.7. The number of rotatable bonds is 11. The summed E-state index contributed by atoms with van der Waals surface area (Å²) in [5.74, 6) is -0.657. The van der Waals surface area contributed by atoms with Crippen LogP contribution in [0.5, 0.6) is 0 Å². The highest BCUT2D eigenvalue weighted by atomic mass is 35.5. The first-order valence-corrected chi connectivity index (χ1v) is 18.3. The highest BCUT2D eigenvalue weighted by molar-refractivity contribution is 6.30. The zero-order valence-corrected chi connectivity index (χ0v) is 30.9. The van der Waals surface area contributed by atoms with Gasteiger partial charge >= 0.3 is 6.09 Å². The van der Waals surface area contributed by atoms with Crippen LogP contribution in [0, 0.1) is 11.7 Å². The van der Waals surface area contributed by atoms with Crippen molar-refractivity contribution in [2.75, 3.05) is 0 Å². The zero-order chi connectivity index (χ0) is 36.7. The van der Waals surface area contributed by atoms with Crippen molar-refractivity contribution < 1.29 is 27.9 Å². The number of furan rings is 1. The Bertz CT molecular complexity index is 1830. The lowest BCUT2D eigenvalue weighted by Crippen LogP contribution is -2.48. The molecule has 1 saturated carbocycles. The van der Waals surface area contributed by atoms with Gasteiger partial charge in [-0.3, -0.25) is 9.59 Å². The van der Waals surface area contributed by atoms with Gasteiger partial charge in [0.15, 0.2) is 0 Å². The summed E-state index contributed by atoms with van der Waals surface area (Å²) >= 11 is 5.89. The molecular weight excluding hydrogens is 669 g/mol. The third-order valence-electron chi connectivity index (χ3n) is 9.20. The van der Waals surface area contributed by atoms with Crippen molar-refractivity contribution >= 4 is 40.5 Å². The summed E-state index contributed by atoms with van der Waals surface area (Å²) in [7, 11) is 0. The van der Waals surface area contributed by atoms with Crippen molar-refractivity contribution in [2.45, 2.75) is 110 Å². The number of fused-ring (bicyclic) bond motifs is 2. The molecule has 0 radical (unpaired) electrons. The largest absolute Gasteiger partial charge is 0.464 e. The Morgan fingerprint density at radius 3 is 2.35 bits per heavy atom. The first-order chi connectivity index (χ1) is 24.4. The topological polar surface area (TPSA) is 101 Å². The lowest BCUT2D eigenvalue weighted by Gasteiger charge is -2.27. The molecule has 0 bridgehead atoms. The van der Waals surface area contributed by atoms with Crippen molar-refractivity contribution in [2.24, 2.45) is 5.92 Å². The van der Waals surface area contributed by atoms with E-state index in [4.69, 9.17) is 20.8 Å². The van der Waals surface area contributed by atoms with Gasteiger partial charge in [-0.1, -0.05) is 87.5 Å². The van der Waals surface area contributed by atoms with Gasteiger partial charge in [0.1, 0.15) is 23.0 Å². The summed E-state index contributed by atoms with van der Waals surface area (Å²) in [5.41, 5.74) is 3.89. The van der Waals surface area contributed by atoms with Crippen molar-refractivity contribution in [1.82, 2.24) is 15.5 Å². The second kappa shape index (κ2) is 16.8. The third kappa shape index (κ3) is 9.91. The van der Waals surface area contributed by atoms with Crippen LogP contribution in [0.15, 0.2) is 71.3 Å². The summed E-state index contributed by atoms with van der Waals surface area (Å²) in [6.45, 7) is 10.2. The number of nitrogens with zero attached hydrogens (tertiary/aromatic N) is 1.